The Bertz CT molecular complexity index is 783. The van der Waals surface area contributed by atoms with Gasteiger partial charge in [-0.05, 0) is 35.7 Å². The Morgan fingerprint density at radius 3 is 2.60 bits per heavy atom. The molecule has 1 aromatic carbocycles. The van der Waals surface area contributed by atoms with E-state index in [-0.39, 0.29) is 5.28 Å². The van der Waals surface area contributed by atoms with Crippen LogP contribution in [0.1, 0.15) is 11.8 Å². The van der Waals surface area contributed by atoms with Crippen molar-refractivity contribution in [2.24, 2.45) is 0 Å². The second-order valence-electron chi connectivity index (χ2n) is 4.32. The zero-order valence-corrected chi connectivity index (χ0v) is 13.8. The number of hydrogen-bond donors (Lipinski definition) is 1. The lowest BCUT2D eigenvalue weighted by Gasteiger charge is -2.05. The second kappa shape index (κ2) is 5.31. The molecule has 3 nitrogen and oxygen atoms in total. The summed E-state index contributed by atoms with van der Waals surface area (Å²) in [6, 6.07) is 8.17. The van der Waals surface area contributed by atoms with Crippen LogP contribution < -0.4 is 5.73 Å². The van der Waals surface area contributed by atoms with Gasteiger partial charge < -0.3 is 5.73 Å². The van der Waals surface area contributed by atoms with Gasteiger partial charge in [-0.3, -0.25) is 0 Å². The number of nitrogens with zero attached hydrogens (tertiary/aromatic N) is 2. The fourth-order valence-electron chi connectivity index (χ4n) is 2.22. The highest BCUT2D eigenvalue weighted by Crippen LogP contribution is 2.41. The summed E-state index contributed by atoms with van der Waals surface area (Å²) in [6.45, 7) is 2.12. The number of halogens is 2. The van der Waals surface area contributed by atoms with E-state index in [1.165, 1.54) is 4.88 Å². The minimum absolute atomic E-state index is 0.196. The number of hydrogen-bond acceptors (Lipinski definition) is 4. The zero-order valence-electron chi connectivity index (χ0n) is 10.7. The average molecular weight is 369 g/mol. The summed E-state index contributed by atoms with van der Waals surface area (Å²) in [5.41, 5.74) is 8.29. The molecule has 20 heavy (non-hydrogen) atoms. The molecule has 0 saturated carbocycles. The Morgan fingerprint density at radius 1 is 1.25 bits per heavy atom. The van der Waals surface area contributed by atoms with Gasteiger partial charge in [0.15, 0.2) is 0 Å². The summed E-state index contributed by atoms with van der Waals surface area (Å²) in [7, 11) is 0. The Balaban J connectivity index is 2.35. The van der Waals surface area contributed by atoms with Gasteiger partial charge in [0, 0.05) is 14.9 Å². The molecule has 2 N–H and O–H groups in total. The molecular formula is C14H11BrClN3S. The number of nitrogen functional groups attached to an aromatic ring is 1. The van der Waals surface area contributed by atoms with Gasteiger partial charge in [0.1, 0.15) is 10.6 Å². The third-order valence-electron chi connectivity index (χ3n) is 3.08. The monoisotopic (exact) mass is 367 g/mol. The average Bonchev–Trinajstić information content (AvgIpc) is 2.78. The smallest absolute Gasteiger partial charge is 0.225 e. The highest BCUT2D eigenvalue weighted by molar-refractivity contribution is 9.10. The van der Waals surface area contributed by atoms with Crippen molar-refractivity contribution in [2.45, 2.75) is 13.3 Å². The summed E-state index contributed by atoms with van der Waals surface area (Å²) in [4.78, 5) is 10.5. The number of nitrogens with two attached hydrogens (primary N) is 1. The predicted molar refractivity (Wildman–Crippen MR) is 89.4 cm³/mol. The van der Waals surface area contributed by atoms with Gasteiger partial charge >= 0.3 is 0 Å². The van der Waals surface area contributed by atoms with Gasteiger partial charge in [-0.25, -0.2) is 9.97 Å². The van der Waals surface area contributed by atoms with E-state index in [9.17, 15) is 0 Å². The van der Waals surface area contributed by atoms with E-state index >= 15 is 0 Å². The molecule has 0 aliphatic rings. The summed E-state index contributed by atoms with van der Waals surface area (Å²) in [6.07, 6.45) is 0.920. The van der Waals surface area contributed by atoms with Crippen LogP contribution >= 0.6 is 38.9 Å². The molecule has 2 aromatic heterocycles. The van der Waals surface area contributed by atoms with Crippen molar-refractivity contribution >= 4 is 54.9 Å². The van der Waals surface area contributed by atoms with Gasteiger partial charge in [-0.2, -0.15) is 0 Å². The van der Waals surface area contributed by atoms with Gasteiger partial charge in [0.2, 0.25) is 5.28 Å². The lowest BCUT2D eigenvalue weighted by atomic mass is 10.0. The number of fused-ring (bicyclic) bond motifs is 1. The van der Waals surface area contributed by atoms with Crippen LogP contribution in [0, 0.1) is 0 Å². The summed E-state index contributed by atoms with van der Waals surface area (Å²) >= 11 is 11.0. The highest BCUT2D eigenvalue weighted by atomic mass is 79.9. The first-order valence-electron chi connectivity index (χ1n) is 6.10. The SMILES string of the molecule is CCc1sc2nc(Cl)nc(N)c2c1-c1ccc(Br)cc1. The molecule has 0 fully saturated rings. The van der Waals surface area contributed by atoms with E-state index in [4.69, 9.17) is 17.3 Å². The van der Waals surface area contributed by atoms with E-state index in [1.807, 2.05) is 12.1 Å². The summed E-state index contributed by atoms with van der Waals surface area (Å²) < 4.78 is 1.05. The van der Waals surface area contributed by atoms with Crippen molar-refractivity contribution < 1.29 is 0 Å². The maximum absolute atomic E-state index is 6.05. The Hall–Kier alpha value is -1.17. The maximum Gasteiger partial charge on any atom is 0.225 e. The Kier molecular flexibility index (Phi) is 3.67. The fraction of sp³-hybridized carbons (Fsp3) is 0.143. The molecule has 0 aliphatic carbocycles. The first-order valence-corrected chi connectivity index (χ1v) is 8.09. The van der Waals surface area contributed by atoms with Crippen LogP contribution in [-0.4, -0.2) is 9.97 Å². The minimum Gasteiger partial charge on any atom is -0.383 e. The largest absolute Gasteiger partial charge is 0.383 e. The molecule has 6 heteroatoms. The standard InChI is InChI=1S/C14H11BrClN3S/c1-2-9-10(7-3-5-8(15)6-4-7)11-12(17)18-14(16)19-13(11)20-9/h3-6H,2H2,1H3,(H2,17,18,19). The van der Waals surface area contributed by atoms with E-state index in [0.29, 0.717) is 5.82 Å². The molecule has 0 saturated heterocycles. The van der Waals surface area contributed by atoms with Crippen LogP contribution in [0.3, 0.4) is 0 Å². The summed E-state index contributed by atoms with van der Waals surface area (Å²) in [5, 5.41) is 1.10. The molecule has 0 unspecified atom stereocenters. The van der Waals surface area contributed by atoms with Gasteiger partial charge in [0.05, 0.1) is 5.39 Å². The lowest BCUT2D eigenvalue weighted by Crippen LogP contribution is -1.94. The number of anilines is 1. The molecular weight excluding hydrogens is 358 g/mol. The molecule has 0 aliphatic heterocycles. The zero-order chi connectivity index (χ0) is 14.3. The van der Waals surface area contributed by atoms with Crippen molar-refractivity contribution in [3.63, 3.8) is 0 Å². The van der Waals surface area contributed by atoms with Crippen molar-refractivity contribution in [3.8, 4) is 11.1 Å². The molecule has 0 spiro atoms. The van der Waals surface area contributed by atoms with E-state index in [2.05, 4.69) is 45.0 Å². The normalized spacial score (nSPS) is 11.2. The number of benzene rings is 1. The maximum atomic E-state index is 6.05. The van der Waals surface area contributed by atoms with Crippen LogP contribution in [-0.2, 0) is 6.42 Å². The van der Waals surface area contributed by atoms with Crippen molar-refractivity contribution in [3.05, 3.63) is 38.9 Å². The van der Waals surface area contributed by atoms with E-state index in [0.717, 1.165) is 32.2 Å². The molecule has 3 rings (SSSR count). The van der Waals surface area contributed by atoms with Crippen molar-refractivity contribution in [1.29, 1.82) is 0 Å². The number of aryl methyl sites for hydroxylation is 1. The molecule has 0 radical (unpaired) electrons. The predicted octanol–water partition coefficient (Wildman–Crippen LogP) is 4.92. The fourth-order valence-corrected chi connectivity index (χ4v) is 3.85. The highest BCUT2D eigenvalue weighted by Gasteiger charge is 2.17. The molecule has 3 aromatic rings. The van der Waals surface area contributed by atoms with Crippen LogP contribution in [0.15, 0.2) is 28.7 Å². The first-order chi connectivity index (χ1) is 9.60. The molecule has 0 bridgehead atoms. The third kappa shape index (κ3) is 2.30. The van der Waals surface area contributed by atoms with Crippen molar-refractivity contribution in [1.82, 2.24) is 9.97 Å². The van der Waals surface area contributed by atoms with Crippen LogP contribution in [0.2, 0.25) is 5.28 Å². The Morgan fingerprint density at radius 2 is 1.95 bits per heavy atom. The van der Waals surface area contributed by atoms with Crippen molar-refractivity contribution in [2.75, 3.05) is 5.73 Å². The number of aromatic nitrogens is 2. The van der Waals surface area contributed by atoms with Gasteiger partial charge in [-0.1, -0.05) is 35.0 Å². The van der Waals surface area contributed by atoms with Gasteiger partial charge in [0.25, 0.3) is 0 Å². The second-order valence-corrected chi connectivity index (χ2v) is 6.66. The molecule has 2 heterocycles. The first kappa shape index (κ1) is 13.8. The topological polar surface area (TPSA) is 51.8 Å². The molecule has 102 valence electrons. The van der Waals surface area contributed by atoms with Crippen LogP contribution in [0.25, 0.3) is 21.3 Å². The van der Waals surface area contributed by atoms with E-state index < -0.39 is 0 Å². The minimum atomic E-state index is 0.196. The molecule has 0 atom stereocenters. The number of thiophene rings is 1. The van der Waals surface area contributed by atoms with Gasteiger partial charge in [-0.15, -0.1) is 11.3 Å². The summed E-state index contributed by atoms with van der Waals surface area (Å²) in [5.74, 6) is 0.439. The molecule has 0 amide bonds. The third-order valence-corrected chi connectivity index (χ3v) is 5.00. The Labute approximate surface area is 133 Å². The number of rotatable bonds is 2. The van der Waals surface area contributed by atoms with Crippen LogP contribution in [0.5, 0.6) is 0 Å². The lowest BCUT2D eigenvalue weighted by molar-refractivity contribution is 1.19. The van der Waals surface area contributed by atoms with E-state index in [1.54, 1.807) is 11.3 Å². The van der Waals surface area contributed by atoms with Crippen LogP contribution in [0.4, 0.5) is 5.82 Å². The quantitative estimate of drug-likeness (QED) is 0.653.